The molecule has 0 bridgehead atoms. The quantitative estimate of drug-likeness (QED) is 0.448. The summed E-state index contributed by atoms with van der Waals surface area (Å²) in [6, 6.07) is 7.01. The Morgan fingerprint density at radius 3 is 2.25 bits per heavy atom. The van der Waals surface area contributed by atoms with Gasteiger partial charge in [0.1, 0.15) is 11.3 Å². The normalized spacial score (nSPS) is 13.4. The van der Waals surface area contributed by atoms with Crippen LogP contribution in [0.5, 0.6) is 5.75 Å². The molecule has 4 heteroatoms. The number of aliphatic hydroxyl groups is 1. The molecule has 2 aromatic rings. The summed E-state index contributed by atoms with van der Waals surface area (Å²) in [5, 5.41) is 20.0. The number of benzene rings is 1. The van der Waals surface area contributed by atoms with Crippen molar-refractivity contribution in [2.24, 2.45) is 0 Å². The largest absolute Gasteiger partial charge is 0.507 e. The molecule has 1 aromatic heterocycles. The van der Waals surface area contributed by atoms with Crippen LogP contribution in [0.1, 0.15) is 52.0 Å². The lowest BCUT2D eigenvalue weighted by atomic mass is 10.0. The Morgan fingerprint density at radius 2 is 1.57 bits per heavy atom. The number of fused-ring (bicyclic) bond motifs is 1. The van der Waals surface area contributed by atoms with Gasteiger partial charge in [-0.1, -0.05) is 47.1 Å². The standard InChI is InChI=1S/C24H30O4/c1-17(9-7-11-19(3)16-25)8-6-10-18(2)14-15-21-23(26)20-12-4-5-13-22(20)28-24(21)27/h4-5,8,11-14,25-26H,6-7,9-10,15-16H2,1-3H3/b17-8+,18-14+,19-11-. The maximum Gasteiger partial charge on any atom is 0.343 e. The molecule has 0 fully saturated rings. The van der Waals surface area contributed by atoms with Crippen molar-refractivity contribution in [1.82, 2.24) is 0 Å². The fourth-order valence-corrected chi connectivity index (χ4v) is 2.99. The molecule has 2 N–H and O–H groups in total. The summed E-state index contributed by atoms with van der Waals surface area (Å²) < 4.78 is 5.31. The number of aliphatic hydroxyl groups excluding tert-OH is 1. The van der Waals surface area contributed by atoms with Crippen LogP contribution in [0.25, 0.3) is 11.0 Å². The number of para-hydroxylation sites is 1. The molecule has 0 radical (unpaired) electrons. The molecule has 28 heavy (non-hydrogen) atoms. The minimum absolute atomic E-state index is 0.0119. The highest BCUT2D eigenvalue weighted by Crippen LogP contribution is 2.26. The van der Waals surface area contributed by atoms with E-state index in [-0.39, 0.29) is 12.4 Å². The van der Waals surface area contributed by atoms with Crippen molar-refractivity contribution in [3.63, 3.8) is 0 Å². The molecule has 150 valence electrons. The van der Waals surface area contributed by atoms with Crippen molar-refractivity contribution in [2.75, 3.05) is 6.61 Å². The highest BCUT2D eigenvalue weighted by molar-refractivity contribution is 5.83. The van der Waals surface area contributed by atoms with E-state index < -0.39 is 5.63 Å². The zero-order chi connectivity index (χ0) is 20.5. The van der Waals surface area contributed by atoms with Crippen LogP contribution in [-0.2, 0) is 6.42 Å². The summed E-state index contributed by atoms with van der Waals surface area (Å²) >= 11 is 0. The first-order chi connectivity index (χ1) is 13.4. The molecule has 0 atom stereocenters. The molecule has 0 aliphatic carbocycles. The van der Waals surface area contributed by atoms with Crippen LogP contribution in [0.4, 0.5) is 0 Å². The van der Waals surface area contributed by atoms with Gasteiger partial charge in [0.25, 0.3) is 0 Å². The Labute approximate surface area is 166 Å². The molecule has 0 unspecified atom stereocenters. The van der Waals surface area contributed by atoms with Gasteiger partial charge in [0.05, 0.1) is 17.6 Å². The average molecular weight is 383 g/mol. The zero-order valence-corrected chi connectivity index (χ0v) is 17.0. The number of aromatic hydroxyl groups is 1. The van der Waals surface area contributed by atoms with Crippen LogP contribution >= 0.6 is 0 Å². The van der Waals surface area contributed by atoms with Gasteiger partial charge in [0.15, 0.2) is 0 Å². The van der Waals surface area contributed by atoms with Gasteiger partial charge >= 0.3 is 5.63 Å². The molecule has 0 saturated heterocycles. The van der Waals surface area contributed by atoms with E-state index in [1.165, 1.54) is 11.1 Å². The third-order valence-corrected chi connectivity index (χ3v) is 4.84. The molecule has 1 heterocycles. The third kappa shape index (κ3) is 6.24. The first-order valence-electron chi connectivity index (χ1n) is 9.73. The van der Waals surface area contributed by atoms with Gasteiger partial charge in [-0.2, -0.15) is 0 Å². The minimum atomic E-state index is -0.484. The van der Waals surface area contributed by atoms with Crippen LogP contribution in [0.2, 0.25) is 0 Å². The van der Waals surface area contributed by atoms with E-state index in [1.807, 2.05) is 26.0 Å². The fraction of sp³-hybridized carbons (Fsp3) is 0.375. The first kappa shape index (κ1) is 21.7. The van der Waals surface area contributed by atoms with E-state index in [1.54, 1.807) is 18.2 Å². The summed E-state index contributed by atoms with van der Waals surface area (Å²) in [4.78, 5) is 12.2. The molecule has 0 spiro atoms. The monoisotopic (exact) mass is 382 g/mol. The van der Waals surface area contributed by atoms with Crippen molar-refractivity contribution in [3.8, 4) is 5.75 Å². The topological polar surface area (TPSA) is 70.7 Å². The average Bonchev–Trinajstić information content (AvgIpc) is 2.67. The maximum atomic E-state index is 12.2. The number of hydrogen-bond acceptors (Lipinski definition) is 4. The van der Waals surface area contributed by atoms with E-state index in [9.17, 15) is 9.90 Å². The molecule has 2 rings (SSSR count). The van der Waals surface area contributed by atoms with E-state index >= 15 is 0 Å². The van der Waals surface area contributed by atoms with Gasteiger partial charge in [-0.05, 0) is 58.6 Å². The second kappa shape index (κ2) is 10.7. The van der Waals surface area contributed by atoms with Crippen LogP contribution in [0, 0.1) is 0 Å². The Kier molecular flexibility index (Phi) is 8.27. The van der Waals surface area contributed by atoms with E-state index in [0.717, 1.165) is 31.3 Å². The molecule has 4 nitrogen and oxygen atoms in total. The number of allylic oxidation sites excluding steroid dienone is 5. The molecule has 0 aliphatic heterocycles. The maximum absolute atomic E-state index is 12.2. The summed E-state index contributed by atoms with van der Waals surface area (Å²) in [5.41, 5.74) is 3.74. The predicted molar refractivity (Wildman–Crippen MR) is 115 cm³/mol. The lowest BCUT2D eigenvalue weighted by Crippen LogP contribution is -2.07. The fourth-order valence-electron chi connectivity index (χ4n) is 2.99. The molecule has 0 aliphatic rings. The minimum Gasteiger partial charge on any atom is -0.507 e. The van der Waals surface area contributed by atoms with Crippen LogP contribution in [0.3, 0.4) is 0 Å². The van der Waals surface area contributed by atoms with Gasteiger partial charge in [-0.15, -0.1) is 0 Å². The van der Waals surface area contributed by atoms with Crippen molar-refractivity contribution in [1.29, 1.82) is 0 Å². The second-order valence-electron chi connectivity index (χ2n) is 7.30. The predicted octanol–water partition coefficient (Wildman–Crippen LogP) is 5.43. The Bertz CT molecular complexity index is 945. The Hall–Kier alpha value is -2.59. The first-order valence-corrected chi connectivity index (χ1v) is 9.73. The van der Waals surface area contributed by atoms with E-state index in [4.69, 9.17) is 9.52 Å². The zero-order valence-electron chi connectivity index (χ0n) is 17.0. The van der Waals surface area contributed by atoms with Gasteiger partial charge in [-0.3, -0.25) is 0 Å². The van der Waals surface area contributed by atoms with E-state index in [2.05, 4.69) is 19.1 Å². The molecule has 0 amide bonds. The van der Waals surface area contributed by atoms with Crippen molar-refractivity contribution < 1.29 is 14.6 Å². The van der Waals surface area contributed by atoms with Crippen molar-refractivity contribution in [3.05, 3.63) is 75.2 Å². The van der Waals surface area contributed by atoms with Gasteiger partial charge in [-0.25, -0.2) is 4.79 Å². The highest BCUT2D eigenvalue weighted by atomic mass is 16.4. The summed E-state index contributed by atoms with van der Waals surface area (Å²) in [7, 11) is 0. The summed E-state index contributed by atoms with van der Waals surface area (Å²) in [6.45, 7) is 6.22. The Balaban J connectivity index is 1.93. The molecule has 1 aromatic carbocycles. The van der Waals surface area contributed by atoms with Crippen LogP contribution in [0.15, 0.2) is 68.4 Å². The number of rotatable bonds is 9. The lowest BCUT2D eigenvalue weighted by Gasteiger charge is -2.05. The van der Waals surface area contributed by atoms with Gasteiger partial charge in [0, 0.05) is 6.42 Å². The molecular formula is C24H30O4. The van der Waals surface area contributed by atoms with Crippen molar-refractivity contribution in [2.45, 2.75) is 52.9 Å². The third-order valence-electron chi connectivity index (χ3n) is 4.84. The lowest BCUT2D eigenvalue weighted by molar-refractivity contribution is 0.331. The van der Waals surface area contributed by atoms with Gasteiger partial charge in [0.2, 0.25) is 0 Å². The van der Waals surface area contributed by atoms with Crippen LogP contribution < -0.4 is 5.63 Å². The second-order valence-corrected chi connectivity index (χ2v) is 7.30. The summed E-state index contributed by atoms with van der Waals surface area (Å²) in [5.74, 6) is 0.0119. The van der Waals surface area contributed by atoms with Gasteiger partial charge < -0.3 is 14.6 Å². The summed E-state index contributed by atoms with van der Waals surface area (Å²) in [6.07, 6.45) is 10.4. The molecule has 0 saturated carbocycles. The van der Waals surface area contributed by atoms with Crippen LogP contribution in [-0.4, -0.2) is 16.8 Å². The van der Waals surface area contributed by atoms with Crippen molar-refractivity contribution >= 4 is 11.0 Å². The smallest absolute Gasteiger partial charge is 0.343 e. The highest BCUT2D eigenvalue weighted by Gasteiger charge is 2.12. The molecular weight excluding hydrogens is 352 g/mol. The SMILES string of the molecule is C/C(=C/CC/C(C)=C/CC/C(C)=C/Cc1c(O)c2ccccc2oc1=O)CO. The number of hydrogen-bond donors (Lipinski definition) is 2. The van der Waals surface area contributed by atoms with E-state index in [0.29, 0.717) is 23.0 Å². The Morgan fingerprint density at radius 1 is 0.964 bits per heavy atom.